The van der Waals surface area contributed by atoms with Crippen LogP contribution in [0.15, 0.2) is 77.1 Å². The Balaban J connectivity index is 2.02. The van der Waals surface area contributed by atoms with Crippen molar-refractivity contribution < 1.29 is 24.0 Å². The lowest BCUT2D eigenvalue weighted by Gasteiger charge is -2.31. The highest BCUT2D eigenvalue weighted by Crippen LogP contribution is 2.40. The van der Waals surface area contributed by atoms with Crippen molar-refractivity contribution in [2.75, 3.05) is 13.3 Å². The Morgan fingerprint density at radius 2 is 1.62 bits per heavy atom. The van der Waals surface area contributed by atoms with Gasteiger partial charge in [0.1, 0.15) is 8.07 Å². The minimum atomic E-state index is -2.09. The molecule has 0 bridgehead atoms. The number of esters is 2. The Kier molecular flexibility index (Phi) is 7.36. The third-order valence-electron chi connectivity index (χ3n) is 5.92. The Morgan fingerprint density at radius 3 is 2.21 bits per heavy atom. The van der Waals surface area contributed by atoms with Crippen molar-refractivity contribution in [2.24, 2.45) is 0 Å². The molecule has 0 saturated heterocycles. The van der Waals surface area contributed by atoms with Crippen LogP contribution in [0.25, 0.3) is 0 Å². The largest absolute Gasteiger partial charge is 0.466 e. The van der Waals surface area contributed by atoms with E-state index in [0.29, 0.717) is 17.0 Å². The number of nitro groups is 1. The molecule has 8 nitrogen and oxygen atoms in total. The first-order valence-electron chi connectivity index (χ1n) is 10.8. The van der Waals surface area contributed by atoms with Crippen molar-refractivity contribution in [1.29, 1.82) is 0 Å². The fourth-order valence-corrected chi connectivity index (χ4v) is 5.85. The molecule has 0 amide bonds. The highest BCUT2D eigenvalue weighted by Gasteiger charge is 2.39. The second kappa shape index (κ2) is 10.0. The molecule has 0 radical (unpaired) electrons. The summed E-state index contributed by atoms with van der Waals surface area (Å²) >= 11 is 0. The topological polar surface area (TPSA) is 108 Å². The molecule has 1 atom stereocenters. The summed E-state index contributed by atoms with van der Waals surface area (Å²) in [5.41, 5.74) is 1.76. The summed E-state index contributed by atoms with van der Waals surface area (Å²) in [7, 11) is -0.837. The van der Waals surface area contributed by atoms with Crippen molar-refractivity contribution in [3.8, 4) is 0 Å². The molecule has 1 aliphatic heterocycles. The minimum Gasteiger partial charge on any atom is -0.466 e. The lowest BCUT2D eigenvalue weighted by molar-refractivity contribution is -0.384. The van der Waals surface area contributed by atoms with Gasteiger partial charge in [0.05, 0.1) is 35.3 Å². The highest BCUT2D eigenvalue weighted by atomic mass is 28.3. The molecule has 3 rings (SSSR count). The number of allylic oxidation sites excluding steroid dienone is 2. The molecule has 9 heteroatoms. The fraction of sp³-hybridized carbons (Fsp3) is 0.280. The van der Waals surface area contributed by atoms with Gasteiger partial charge in [-0.05, 0) is 19.4 Å². The van der Waals surface area contributed by atoms with Gasteiger partial charge in [-0.15, -0.1) is 0 Å². The number of non-ortho nitro benzene ring substituents is 1. The molecule has 2 aromatic rings. The van der Waals surface area contributed by atoms with Crippen LogP contribution in [0.1, 0.15) is 25.3 Å². The number of nitro benzene ring substituents is 1. The SMILES string of the molecule is COC(=O)C1=C(C)NC(C)=C(C(=O)OC[Si](C)(C)c2ccccc2)C1c1cccc([N+](=O)[O-])c1. The molecule has 178 valence electrons. The van der Waals surface area contributed by atoms with Crippen molar-refractivity contribution in [3.05, 3.63) is 92.8 Å². The molecule has 0 aromatic heterocycles. The Labute approximate surface area is 199 Å². The van der Waals surface area contributed by atoms with E-state index >= 15 is 0 Å². The van der Waals surface area contributed by atoms with Gasteiger partial charge >= 0.3 is 11.9 Å². The summed E-state index contributed by atoms with van der Waals surface area (Å²) in [6, 6.07) is 15.8. The van der Waals surface area contributed by atoms with Gasteiger partial charge in [0.2, 0.25) is 0 Å². The standard InChI is InChI=1S/C25H28N2O6Si/c1-16-21(24(28)32-3)23(18-10-9-11-19(14-18)27(30)31)22(17(2)26-16)25(29)33-15-34(4,5)20-12-7-6-8-13-20/h6-14,23,26H,15H2,1-5H3. The third-order valence-corrected chi connectivity index (χ3v) is 8.68. The van der Waals surface area contributed by atoms with Crippen LogP contribution in [0.4, 0.5) is 5.69 Å². The van der Waals surface area contributed by atoms with Gasteiger partial charge in [-0.2, -0.15) is 0 Å². The summed E-state index contributed by atoms with van der Waals surface area (Å²) < 4.78 is 10.8. The quantitative estimate of drug-likeness (QED) is 0.279. The van der Waals surface area contributed by atoms with Crippen LogP contribution in [0.5, 0.6) is 0 Å². The van der Waals surface area contributed by atoms with Crippen LogP contribution in [0.2, 0.25) is 13.1 Å². The number of rotatable bonds is 7. The number of nitrogens with one attached hydrogen (secondary N) is 1. The van der Waals surface area contributed by atoms with Crippen molar-refractivity contribution in [3.63, 3.8) is 0 Å². The van der Waals surface area contributed by atoms with Crippen molar-refractivity contribution >= 4 is 30.9 Å². The summed E-state index contributed by atoms with van der Waals surface area (Å²) in [5, 5.41) is 15.6. The van der Waals surface area contributed by atoms with E-state index in [-0.39, 0.29) is 23.1 Å². The van der Waals surface area contributed by atoms with E-state index < -0.39 is 30.9 Å². The maximum atomic E-state index is 13.4. The lowest BCUT2D eigenvalue weighted by atomic mass is 9.80. The van der Waals surface area contributed by atoms with Gasteiger partial charge in [-0.25, -0.2) is 9.59 Å². The predicted molar refractivity (Wildman–Crippen MR) is 131 cm³/mol. The predicted octanol–water partition coefficient (Wildman–Crippen LogP) is 3.70. The molecule has 1 aliphatic rings. The van der Waals surface area contributed by atoms with E-state index in [9.17, 15) is 19.7 Å². The molecule has 1 N–H and O–H groups in total. The molecule has 0 saturated carbocycles. The summed E-state index contributed by atoms with van der Waals surface area (Å²) in [5.74, 6) is -2.08. The average Bonchev–Trinajstić information content (AvgIpc) is 2.82. The minimum absolute atomic E-state index is 0.138. The fourth-order valence-electron chi connectivity index (χ4n) is 4.09. The van der Waals surface area contributed by atoms with Crippen LogP contribution in [-0.4, -0.2) is 38.3 Å². The second-order valence-corrected chi connectivity index (χ2v) is 13.4. The van der Waals surface area contributed by atoms with E-state index in [1.54, 1.807) is 19.9 Å². The van der Waals surface area contributed by atoms with Crippen molar-refractivity contribution in [2.45, 2.75) is 32.9 Å². The molecule has 1 heterocycles. The summed E-state index contributed by atoms with van der Waals surface area (Å²) in [6.07, 6.45) is 0.241. The number of carbonyl (C=O) groups is 2. The number of benzene rings is 2. The van der Waals surface area contributed by atoms with Crippen LogP contribution in [0.3, 0.4) is 0 Å². The normalized spacial score (nSPS) is 16.1. The van der Waals surface area contributed by atoms with Gasteiger partial charge in [0, 0.05) is 23.5 Å². The molecule has 0 aliphatic carbocycles. The molecular weight excluding hydrogens is 452 g/mol. The Hall–Kier alpha value is -3.72. The number of carbonyl (C=O) groups excluding carboxylic acids is 2. The van der Waals surface area contributed by atoms with Gasteiger partial charge in [-0.3, -0.25) is 10.1 Å². The van der Waals surface area contributed by atoms with E-state index in [2.05, 4.69) is 18.4 Å². The van der Waals surface area contributed by atoms with E-state index in [4.69, 9.17) is 9.47 Å². The van der Waals surface area contributed by atoms with Crippen LogP contribution < -0.4 is 10.5 Å². The van der Waals surface area contributed by atoms with Crippen LogP contribution >= 0.6 is 0 Å². The smallest absolute Gasteiger partial charge is 0.336 e. The van der Waals surface area contributed by atoms with Gasteiger partial charge in [0.15, 0.2) is 0 Å². The van der Waals surface area contributed by atoms with E-state index in [1.807, 2.05) is 30.3 Å². The first kappa shape index (κ1) is 24.9. The summed E-state index contributed by atoms with van der Waals surface area (Å²) in [6.45, 7) is 7.64. The Bertz CT molecular complexity index is 1190. The zero-order valence-corrected chi connectivity index (χ0v) is 20.9. The second-order valence-electron chi connectivity index (χ2n) is 8.81. The summed E-state index contributed by atoms with van der Waals surface area (Å²) in [4.78, 5) is 37.1. The zero-order chi connectivity index (χ0) is 25.0. The molecule has 0 spiro atoms. The average molecular weight is 481 g/mol. The number of hydrogen-bond donors (Lipinski definition) is 1. The van der Waals surface area contributed by atoms with Gasteiger partial charge < -0.3 is 14.8 Å². The molecule has 2 aromatic carbocycles. The third kappa shape index (κ3) is 5.09. The maximum Gasteiger partial charge on any atom is 0.336 e. The molecular formula is C25H28N2O6Si. The number of hydrogen-bond acceptors (Lipinski definition) is 7. The van der Waals surface area contributed by atoms with E-state index in [1.165, 1.54) is 25.3 Å². The molecule has 1 unspecified atom stereocenters. The molecule has 34 heavy (non-hydrogen) atoms. The molecule has 0 fully saturated rings. The van der Waals surface area contributed by atoms with Crippen molar-refractivity contribution in [1.82, 2.24) is 5.32 Å². The first-order valence-corrected chi connectivity index (χ1v) is 14.0. The number of ether oxygens (including phenoxy) is 2. The number of dihydropyridines is 1. The first-order chi connectivity index (χ1) is 16.1. The van der Waals surface area contributed by atoms with Gasteiger partial charge in [0.25, 0.3) is 5.69 Å². The van der Waals surface area contributed by atoms with Crippen LogP contribution in [-0.2, 0) is 19.1 Å². The van der Waals surface area contributed by atoms with Gasteiger partial charge in [-0.1, -0.05) is 60.7 Å². The Morgan fingerprint density at radius 1 is 1.00 bits per heavy atom. The zero-order valence-electron chi connectivity index (χ0n) is 19.9. The highest BCUT2D eigenvalue weighted by molar-refractivity contribution is 6.89. The lowest BCUT2D eigenvalue weighted by Crippen LogP contribution is -2.47. The maximum absolute atomic E-state index is 13.4. The number of methoxy groups -OCH3 is 1. The monoisotopic (exact) mass is 480 g/mol. The van der Waals surface area contributed by atoms with E-state index in [0.717, 1.165) is 5.19 Å². The van der Waals surface area contributed by atoms with Crippen LogP contribution in [0, 0.1) is 10.1 Å². The number of nitrogens with zero attached hydrogens (tertiary/aromatic N) is 1.